The van der Waals surface area contributed by atoms with Crippen molar-refractivity contribution >= 4 is 23.5 Å². The fourth-order valence-corrected chi connectivity index (χ4v) is 1.75. The molecule has 0 spiro atoms. The molecule has 2 rings (SSSR count). The van der Waals surface area contributed by atoms with Crippen LogP contribution in [0.15, 0.2) is 42.7 Å². The number of amides is 2. The average Bonchev–Trinajstić information content (AvgIpc) is 2.52. The number of benzene rings is 1. The molecule has 0 aliphatic carbocycles. The molecule has 2 amide bonds. The lowest BCUT2D eigenvalue weighted by Crippen LogP contribution is -2.33. The molecule has 3 N–H and O–H groups in total. The second-order valence-electron chi connectivity index (χ2n) is 4.52. The van der Waals surface area contributed by atoms with Crippen LogP contribution in [0.3, 0.4) is 0 Å². The molecule has 1 aromatic carbocycles. The Bertz CT molecular complexity index is 645. The molecule has 22 heavy (non-hydrogen) atoms. The number of anilines is 2. The number of rotatable bonds is 6. The van der Waals surface area contributed by atoms with Crippen LogP contribution in [-0.4, -0.2) is 34.9 Å². The van der Waals surface area contributed by atoms with Crippen molar-refractivity contribution in [2.24, 2.45) is 0 Å². The van der Waals surface area contributed by atoms with E-state index in [1.807, 2.05) is 6.07 Å². The molecule has 7 nitrogen and oxygen atoms in total. The average molecular weight is 299 g/mol. The van der Waals surface area contributed by atoms with Crippen LogP contribution in [0.5, 0.6) is 0 Å². The summed E-state index contributed by atoms with van der Waals surface area (Å²) >= 11 is 0. The van der Waals surface area contributed by atoms with Gasteiger partial charge in [0.25, 0.3) is 5.91 Å². The normalized spacial score (nSPS) is 9.86. The van der Waals surface area contributed by atoms with Crippen LogP contribution >= 0.6 is 0 Å². The van der Waals surface area contributed by atoms with E-state index in [0.717, 1.165) is 5.69 Å². The summed E-state index contributed by atoms with van der Waals surface area (Å²) in [4.78, 5) is 30.9. The summed E-state index contributed by atoms with van der Waals surface area (Å²) in [5.41, 5.74) is 1.24. The van der Waals surface area contributed by atoms with Crippen LogP contribution in [0, 0.1) is 0 Å². The highest BCUT2D eigenvalue weighted by atomic mass is 16.2. The zero-order chi connectivity index (χ0) is 15.8. The van der Waals surface area contributed by atoms with Gasteiger partial charge in [0.2, 0.25) is 11.9 Å². The van der Waals surface area contributed by atoms with Crippen LogP contribution < -0.4 is 16.0 Å². The zero-order valence-corrected chi connectivity index (χ0v) is 12.2. The predicted molar refractivity (Wildman–Crippen MR) is 82.8 cm³/mol. The van der Waals surface area contributed by atoms with Gasteiger partial charge in [-0.15, -0.1) is 0 Å². The summed E-state index contributed by atoms with van der Waals surface area (Å²) in [5.74, 6) is 0.136. The van der Waals surface area contributed by atoms with E-state index in [4.69, 9.17) is 0 Å². The largest absolute Gasteiger partial charge is 0.355 e. The minimum atomic E-state index is -0.206. The van der Waals surface area contributed by atoms with Gasteiger partial charge < -0.3 is 16.0 Å². The zero-order valence-electron chi connectivity index (χ0n) is 12.2. The minimum absolute atomic E-state index is 0.122. The molecule has 0 aliphatic heterocycles. The number of carbonyl (C=O) groups is 2. The van der Waals surface area contributed by atoms with Crippen LogP contribution in [0.1, 0.15) is 17.3 Å². The molecule has 0 radical (unpaired) electrons. The van der Waals surface area contributed by atoms with Crippen molar-refractivity contribution in [3.63, 3.8) is 0 Å². The molecular formula is C15H17N5O2. The summed E-state index contributed by atoms with van der Waals surface area (Å²) in [5, 5.41) is 8.37. The van der Waals surface area contributed by atoms with E-state index in [0.29, 0.717) is 24.6 Å². The Morgan fingerprint density at radius 1 is 1.05 bits per heavy atom. The van der Waals surface area contributed by atoms with Gasteiger partial charge in [-0.2, -0.15) is 0 Å². The summed E-state index contributed by atoms with van der Waals surface area (Å²) in [7, 11) is 0. The smallest absolute Gasteiger partial charge is 0.251 e. The van der Waals surface area contributed by atoms with Crippen LogP contribution in [-0.2, 0) is 4.79 Å². The van der Waals surface area contributed by atoms with Gasteiger partial charge in [-0.3, -0.25) is 9.59 Å². The van der Waals surface area contributed by atoms with E-state index in [2.05, 4.69) is 25.9 Å². The maximum absolute atomic E-state index is 12.0. The number of hydrogen-bond acceptors (Lipinski definition) is 5. The van der Waals surface area contributed by atoms with Crippen molar-refractivity contribution in [2.75, 3.05) is 18.4 Å². The molecule has 0 saturated carbocycles. The second-order valence-corrected chi connectivity index (χ2v) is 4.52. The first-order valence-electron chi connectivity index (χ1n) is 6.82. The monoisotopic (exact) mass is 299 g/mol. The van der Waals surface area contributed by atoms with Crippen molar-refractivity contribution in [3.05, 3.63) is 48.3 Å². The third-order valence-corrected chi connectivity index (χ3v) is 2.73. The molecule has 0 unspecified atom stereocenters. The Labute approximate surface area is 128 Å². The van der Waals surface area contributed by atoms with Crippen LogP contribution in [0.2, 0.25) is 0 Å². The highest BCUT2D eigenvalue weighted by molar-refractivity contribution is 5.95. The third-order valence-electron chi connectivity index (χ3n) is 2.73. The summed E-state index contributed by atoms with van der Waals surface area (Å²) < 4.78 is 0. The molecule has 1 heterocycles. The summed E-state index contributed by atoms with van der Waals surface area (Å²) in [6.07, 6.45) is 3.27. The van der Waals surface area contributed by atoms with E-state index >= 15 is 0 Å². The number of aromatic nitrogens is 2. The molecular weight excluding hydrogens is 282 g/mol. The van der Waals surface area contributed by atoms with Crippen molar-refractivity contribution < 1.29 is 9.59 Å². The standard InChI is InChI=1S/C15H17N5O2/c1-11(21)16-8-9-17-14(22)12-4-2-5-13(10-12)20-15-18-6-3-7-19-15/h2-7,10H,8-9H2,1H3,(H,16,21)(H,17,22)(H,18,19,20). The number of nitrogens with one attached hydrogen (secondary N) is 3. The first-order valence-corrected chi connectivity index (χ1v) is 6.82. The van der Waals surface area contributed by atoms with E-state index in [1.165, 1.54) is 6.92 Å². The van der Waals surface area contributed by atoms with E-state index in [-0.39, 0.29) is 11.8 Å². The third kappa shape index (κ3) is 4.86. The van der Waals surface area contributed by atoms with Gasteiger partial charge in [0.15, 0.2) is 0 Å². The Morgan fingerprint density at radius 2 is 1.77 bits per heavy atom. The lowest BCUT2D eigenvalue weighted by molar-refractivity contribution is -0.118. The molecule has 2 aromatic rings. The highest BCUT2D eigenvalue weighted by Crippen LogP contribution is 2.14. The SMILES string of the molecule is CC(=O)NCCNC(=O)c1cccc(Nc2ncccn2)c1. The topological polar surface area (TPSA) is 96.0 Å². The Morgan fingerprint density at radius 3 is 2.50 bits per heavy atom. The van der Waals surface area contributed by atoms with Gasteiger partial charge >= 0.3 is 0 Å². The molecule has 114 valence electrons. The Hall–Kier alpha value is -2.96. The minimum Gasteiger partial charge on any atom is -0.355 e. The van der Waals surface area contributed by atoms with Crippen LogP contribution in [0.25, 0.3) is 0 Å². The van der Waals surface area contributed by atoms with Crippen molar-refractivity contribution in [2.45, 2.75) is 6.92 Å². The molecule has 0 aliphatic rings. The van der Waals surface area contributed by atoms with E-state index < -0.39 is 0 Å². The number of hydrogen-bond donors (Lipinski definition) is 3. The second kappa shape index (κ2) is 7.72. The molecule has 0 fully saturated rings. The first-order chi connectivity index (χ1) is 10.6. The van der Waals surface area contributed by atoms with Crippen molar-refractivity contribution in [3.8, 4) is 0 Å². The molecule has 0 saturated heterocycles. The maximum atomic E-state index is 12.0. The summed E-state index contributed by atoms with van der Waals surface area (Å²) in [6, 6.07) is 8.75. The van der Waals surface area contributed by atoms with Gasteiger partial charge in [-0.1, -0.05) is 6.07 Å². The van der Waals surface area contributed by atoms with Gasteiger partial charge in [0, 0.05) is 43.7 Å². The lowest BCUT2D eigenvalue weighted by Gasteiger charge is -2.08. The lowest BCUT2D eigenvalue weighted by atomic mass is 10.2. The van der Waals surface area contributed by atoms with Gasteiger partial charge in [-0.05, 0) is 24.3 Å². The fraction of sp³-hybridized carbons (Fsp3) is 0.200. The van der Waals surface area contributed by atoms with Gasteiger partial charge in [-0.25, -0.2) is 9.97 Å². The molecule has 0 atom stereocenters. The van der Waals surface area contributed by atoms with Gasteiger partial charge in [0.1, 0.15) is 0 Å². The summed E-state index contributed by atoms with van der Waals surface area (Å²) in [6.45, 7) is 2.21. The fourth-order valence-electron chi connectivity index (χ4n) is 1.75. The maximum Gasteiger partial charge on any atom is 0.251 e. The highest BCUT2D eigenvalue weighted by Gasteiger charge is 2.06. The number of nitrogens with zero attached hydrogens (tertiary/aromatic N) is 2. The van der Waals surface area contributed by atoms with E-state index in [1.54, 1.807) is 36.7 Å². The number of carbonyl (C=O) groups excluding carboxylic acids is 2. The molecule has 0 bridgehead atoms. The van der Waals surface area contributed by atoms with Gasteiger partial charge in [0.05, 0.1) is 0 Å². The van der Waals surface area contributed by atoms with E-state index in [9.17, 15) is 9.59 Å². The quantitative estimate of drug-likeness (QED) is 0.694. The Kier molecular flexibility index (Phi) is 5.42. The predicted octanol–water partition coefficient (Wildman–Crippen LogP) is 1.09. The van der Waals surface area contributed by atoms with Crippen LogP contribution in [0.4, 0.5) is 11.6 Å². The van der Waals surface area contributed by atoms with Crippen molar-refractivity contribution in [1.82, 2.24) is 20.6 Å². The first kappa shape index (κ1) is 15.4. The Balaban J connectivity index is 1.93. The molecule has 7 heteroatoms. The van der Waals surface area contributed by atoms with Crippen molar-refractivity contribution in [1.29, 1.82) is 0 Å². The molecule has 1 aromatic heterocycles.